The van der Waals surface area contributed by atoms with Crippen molar-refractivity contribution < 1.29 is 4.79 Å². The SMILES string of the molecule is CCC(C)N(C)CC(=O)Nc1c(N)cc(Cl)cc1Cl. The molecule has 0 saturated carbocycles. The molecule has 106 valence electrons. The van der Waals surface area contributed by atoms with Crippen LogP contribution in [0.4, 0.5) is 11.4 Å². The van der Waals surface area contributed by atoms with E-state index in [9.17, 15) is 4.79 Å². The molecule has 0 heterocycles. The Morgan fingerprint density at radius 1 is 1.47 bits per heavy atom. The number of likely N-dealkylation sites (N-methyl/N-ethyl adjacent to an activating group) is 1. The van der Waals surface area contributed by atoms with E-state index in [1.54, 1.807) is 12.1 Å². The Hall–Kier alpha value is -0.970. The average Bonchev–Trinajstić information content (AvgIpc) is 2.32. The van der Waals surface area contributed by atoms with E-state index in [4.69, 9.17) is 28.9 Å². The normalized spacial score (nSPS) is 12.5. The zero-order valence-electron chi connectivity index (χ0n) is 11.3. The predicted octanol–water partition coefficient (Wildman–Crippen LogP) is 3.24. The van der Waals surface area contributed by atoms with Crippen molar-refractivity contribution >= 4 is 40.5 Å². The summed E-state index contributed by atoms with van der Waals surface area (Å²) in [6.45, 7) is 4.43. The minimum Gasteiger partial charge on any atom is -0.397 e. The van der Waals surface area contributed by atoms with Crippen molar-refractivity contribution in [2.75, 3.05) is 24.6 Å². The average molecular weight is 304 g/mol. The molecule has 0 fully saturated rings. The molecule has 0 aliphatic carbocycles. The zero-order chi connectivity index (χ0) is 14.6. The maximum Gasteiger partial charge on any atom is 0.238 e. The molecule has 4 nitrogen and oxygen atoms in total. The van der Waals surface area contributed by atoms with Crippen molar-refractivity contribution in [3.8, 4) is 0 Å². The Morgan fingerprint density at radius 2 is 2.11 bits per heavy atom. The number of halogens is 2. The highest BCUT2D eigenvalue weighted by atomic mass is 35.5. The third-order valence-electron chi connectivity index (χ3n) is 3.09. The summed E-state index contributed by atoms with van der Waals surface area (Å²) >= 11 is 11.8. The van der Waals surface area contributed by atoms with Gasteiger partial charge in [-0.25, -0.2) is 0 Å². The highest BCUT2D eigenvalue weighted by molar-refractivity contribution is 6.37. The van der Waals surface area contributed by atoms with Crippen LogP contribution in [0.3, 0.4) is 0 Å². The molecule has 1 amide bonds. The number of hydrogen-bond acceptors (Lipinski definition) is 3. The fourth-order valence-corrected chi connectivity index (χ4v) is 2.15. The second-order valence-corrected chi connectivity index (χ2v) is 5.42. The molecule has 1 atom stereocenters. The molecule has 19 heavy (non-hydrogen) atoms. The number of nitrogens with one attached hydrogen (secondary N) is 1. The van der Waals surface area contributed by atoms with Gasteiger partial charge in [-0.2, -0.15) is 0 Å². The van der Waals surface area contributed by atoms with E-state index in [2.05, 4.69) is 19.2 Å². The zero-order valence-corrected chi connectivity index (χ0v) is 12.8. The van der Waals surface area contributed by atoms with E-state index in [-0.39, 0.29) is 12.5 Å². The minimum absolute atomic E-state index is 0.154. The molecular weight excluding hydrogens is 285 g/mol. The van der Waals surface area contributed by atoms with Crippen molar-refractivity contribution in [2.24, 2.45) is 0 Å². The van der Waals surface area contributed by atoms with E-state index < -0.39 is 0 Å². The number of nitrogen functional groups attached to an aromatic ring is 1. The first-order valence-electron chi connectivity index (χ1n) is 6.09. The van der Waals surface area contributed by atoms with Crippen LogP contribution in [0.15, 0.2) is 12.1 Å². The predicted molar refractivity (Wildman–Crippen MR) is 81.9 cm³/mol. The monoisotopic (exact) mass is 303 g/mol. The lowest BCUT2D eigenvalue weighted by molar-refractivity contribution is -0.117. The van der Waals surface area contributed by atoms with Crippen LogP contribution in [0, 0.1) is 0 Å². The van der Waals surface area contributed by atoms with Gasteiger partial charge in [-0.15, -0.1) is 0 Å². The van der Waals surface area contributed by atoms with Crippen LogP contribution in [-0.4, -0.2) is 30.4 Å². The molecule has 1 unspecified atom stereocenters. The third kappa shape index (κ3) is 4.56. The second kappa shape index (κ2) is 6.98. The summed E-state index contributed by atoms with van der Waals surface area (Å²) in [5.41, 5.74) is 6.56. The lowest BCUT2D eigenvalue weighted by atomic mass is 10.2. The Morgan fingerprint density at radius 3 is 2.63 bits per heavy atom. The molecule has 3 N–H and O–H groups in total. The summed E-state index contributed by atoms with van der Waals surface area (Å²) in [7, 11) is 1.90. The van der Waals surface area contributed by atoms with Gasteiger partial charge in [-0.05, 0) is 32.5 Å². The fourth-order valence-electron chi connectivity index (χ4n) is 1.60. The number of nitrogens with zero attached hydrogens (tertiary/aromatic N) is 1. The van der Waals surface area contributed by atoms with E-state index in [1.807, 2.05) is 11.9 Å². The number of amides is 1. The van der Waals surface area contributed by atoms with Gasteiger partial charge < -0.3 is 11.1 Å². The number of anilines is 2. The lowest BCUT2D eigenvalue weighted by Crippen LogP contribution is -2.36. The molecule has 0 saturated heterocycles. The Balaban J connectivity index is 2.73. The summed E-state index contributed by atoms with van der Waals surface area (Å²) in [5.74, 6) is -0.154. The molecule has 0 aromatic heterocycles. The summed E-state index contributed by atoms with van der Waals surface area (Å²) < 4.78 is 0. The summed E-state index contributed by atoms with van der Waals surface area (Å²) in [4.78, 5) is 13.9. The maximum absolute atomic E-state index is 11.9. The molecule has 0 radical (unpaired) electrons. The molecule has 6 heteroatoms. The van der Waals surface area contributed by atoms with E-state index in [0.717, 1.165) is 6.42 Å². The second-order valence-electron chi connectivity index (χ2n) is 4.57. The first kappa shape index (κ1) is 16.1. The van der Waals surface area contributed by atoms with Crippen LogP contribution >= 0.6 is 23.2 Å². The van der Waals surface area contributed by atoms with Crippen LogP contribution < -0.4 is 11.1 Å². The van der Waals surface area contributed by atoms with Crippen LogP contribution in [0.1, 0.15) is 20.3 Å². The van der Waals surface area contributed by atoms with Crippen LogP contribution in [0.5, 0.6) is 0 Å². The molecular formula is C13H19Cl2N3O. The van der Waals surface area contributed by atoms with Crippen molar-refractivity contribution in [3.05, 3.63) is 22.2 Å². The molecule has 0 aliphatic rings. The van der Waals surface area contributed by atoms with Gasteiger partial charge >= 0.3 is 0 Å². The van der Waals surface area contributed by atoms with Gasteiger partial charge in [0.05, 0.1) is 22.9 Å². The third-order valence-corrected chi connectivity index (χ3v) is 3.60. The first-order valence-corrected chi connectivity index (χ1v) is 6.85. The maximum atomic E-state index is 11.9. The standard InChI is InChI=1S/C13H19Cl2N3O/c1-4-8(2)18(3)7-12(19)17-13-10(15)5-9(14)6-11(13)16/h5-6,8H,4,7,16H2,1-3H3,(H,17,19). The highest BCUT2D eigenvalue weighted by Crippen LogP contribution is 2.31. The van der Waals surface area contributed by atoms with Crippen LogP contribution in [-0.2, 0) is 4.79 Å². The smallest absolute Gasteiger partial charge is 0.238 e. The summed E-state index contributed by atoms with van der Waals surface area (Å²) in [6, 6.07) is 3.44. The van der Waals surface area contributed by atoms with Gasteiger partial charge in [0.1, 0.15) is 0 Å². The Kier molecular flexibility index (Phi) is 5.91. The molecule has 0 bridgehead atoms. The lowest BCUT2D eigenvalue weighted by Gasteiger charge is -2.23. The van der Waals surface area contributed by atoms with E-state index in [0.29, 0.717) is 27.5 Å². The Bertz CT molecular complexity index is 442. The number of benzene rings is 1. The van der Waals surface area contributed by atoms with E-state index >= 15 is 0 Å². The molecule has 0 aliphatic heterocycles. The van der Waals surface area contributed by atoms with Crippen LogP contribution in [0.2, 0.25) is 10.0 Å². The van der Waals surface area contributed by atoms with Gasteiger partial charge in [0.15, 0.2) is 0 Å². The number of nitrogens with two attached hydrogens (primary N) is 1. The van der Waals surface area contributed by atoms with Crippen molar-refractivity contribution in [1.29, 1.82) is 0 Å². The van der Waals surface area contributed by atoms with Gasteiger partial charge in [-0.1, -0.05) is 30.1 Å². The molecule has 1 aromatic rings. The van der Waals surface area contributed by atoms with E-state index in [1.165, 1.54) is 0 Å². The topological polar surface area (TPSA) is 58.4 Å². The number of rotatable bonds is 5. The first-order chi connectivity index (χ1) is 8.85. The number of carbonyl (C=O) groups excluding carboxylic acids is 1. The Labute approximate surface area is 123 Å². The largest absolute Gasteiger partial charge is 0.397 e. The molecule has 1 rings (SSSR count). The van der Waals surface area contributed by atoms with Crippen molar-refractivity contribution in [2.45, 2.75) is 26.3 Å². The summed E-state index contributed by atoms with van der Waals surface area (Å²) in [6.07, 6.45) is 0.980. The van der Waals surface area contributed by atoms with Crippen molar-refractivity contribution in [3.63, 3.8) is 0 Å². The number of hydrogen-bond donors (Lipinski definition) is 2. The molecule has 0 spiro atoms. The van der Waals surface area contributed by atoms with Crippen LogP contribution in [0.25, 0.3) is 0 Å². The fraction of sp³-hybridized carbons (Fsp3) is 0.462. The summed E-state index contributed by atoms with van der Waals surface area (Å²) in [5, 5.41) is 3.50. The van der Waals surface area contributed by atoms with Crippen molar-refractivity contribution in [1.82, 2.24) is 4.90 Å². The minimum atomic E-state index is -0.154. The quantitative estimate of drug-likeness (QED) is 0.821. The van der Waals surface area contributed by atoms with Gasteiger partial charge in [0.25, 0.3) is 0 Å². The van der Waals surface area contributed by atoms with Gasteiger partial charge in [0.2, 0.25) is 5.91 Å². The highest BCUT2D eigenvalue weighted by Gasteiger charge is 2.14. The molecule has 1 aromatic carbocycles. The van der Waals surface area contributed by atoms with Gasteiger partial charge in [-0.3, -0.25) is 9.69 Å². The van der Waals surface area contributed by atoms with Gasteiger partial charge in [0, 0.05) is 11.1 Å². The number of carbonyl (C=O) groups is 1.